The Morgan fingerprint density at radius 3 is 2.48 bits per heavy atom. The average molecular weight is 371 g/mol. The lowest BCUT2D eigenvalue weighted by Gasteiger charge is -2.11. The van der Waals surface area contributed by atoms with Gasteiger partial charge < -0.3 is 9.26 Å². The number of hydrogen-bond donors (Lipinski definition) is 0. The van der Waals surface area contributed by atoms with Crippen LogP contribution in [0.2, 0.25) is 0 Å². The van der Waals surface area contributed by atoms with Gasteiger partial charge >= 0.3 is 0 Å². The maximum atomic E-state index is 5.71. The Morgan fingerprint density at radius 2 is 1.67 bits per heavy atom. The minimum absolute atomic E-state index is 0.826. The Balaban J connectivity index is 1.69. The van der Waals surface area contributed by atoms with Crippen molar-refractivity contribution < 1.29 is 9.26 Å². The van der Waals surface area contributed by atoms with E-state index < -0.39 is 0 Å². The van der Waals surface area contributed by atoms with Crippen molar-refractivity contribution in [3.8, 4) is 39.3 Å². The molecule has 1 aromatic heterocycles. The van der Waals surface area contributed by atoms with Crippen molar-refractivity contribution in [2.75, 3.05) is 7.11 Å². The first-order chi connectivity index (χ1) is 13.3. The number of rotatable bonds is 3. The van der Waals surface area contributed by atoms with Gasteiger partial charge in [0.2, 0.25) is 0 Å². The number of hydrogen-bond acceptors (Lipinski definition) is 4. The first-order valence-corrected chi connectivity index (χ1v) is 9.64. The molecule has 1 aliphatic carbocycles. The second-order valence-corrected chi connectivity index (χ2v) is 7.41. The molecular formula is C23H17NO2S. The number of aryl methyl sites for hydroxylation is 1. The highest BCUT2D eigenvalue weighted by Gasteiger charge is 2.22. The van der Waals surface area contributed by atoms with Gasteiger partial charge in [0.05, 0.1) is 7.11 Å². The van der Waals surface area contributed by atoms with E-state index in [1.807, 2.05) is 31.2 Å². The molecule has 5 rings (SSSR count). The van der Waals surface area contributed by atoms with E-state index in [1.54, 1.807) is 18.4 Å². The first kappa shape index (κ1) is 16.1. The van der Waals surface area contributed by atoms with Crippen molar-refractivity contribution >= 4 is 21.4 Å². The summed E-state index contributed by atoms with van der Waals surface area (Å²) in [6.45, 7) is 1.98. The van der Waals surface area contributed by atoms with Crippen LogP contribution in [0.15, 0.2) is 70.6 Å². The summed E-state index contributed by atoms with van der Waals surface area (Å²) in [5.74, 6) is 1.66. The van der Waals surface area contributed by atoms with E-state index in [4.69, 9.17) is 9.26 Å². The molecule has 0 bridgehead atoms. The molecule has 2 heterocycles. The third-order valence-corrected chi connectivity index (χ3v) is 5.93. The maximum absolute atomic E-state index is 5.71. The highest BCUT2D eigenvalue weighted by molar-refractivity contribution is 7.17. The fourth-order valence-corrected chi connectivity index (χ4v) is 4.59. The lowest BCUT2D eigenvalue weighted by atomic mass is 9.97. The summed E-state index contributed by atoms with van der Waals surface area (Å²) in [5.41, 5.74) is 6.53. The van der Waals surface area contributed by atoms with E-state index in [9.17, 15) is 0 Å². The molecule has 0 spiro atoms. The van der Waals surface area contributed by atoms with E-state index >= 15 is 0 Å². The van der Waals surface area contributed by atoms with E-state index in [0.29, 0.717) is 0 Å². The summed E-state index contributed by atoms with van der Waals surface area (Å²) in [7, 11) is 1.67. The lowest BCUT2D eigenvalue weighted by Crippen LogP contribution is -1.93. The fraction of sp³-hybridized carbons (Fsp3) is 0.0870. The van der Waals surface area contributed by atoms with E-state index in [1.165, 1.54) is 21.2 Å². The summed E-state index contributed by atoms with van der Waals surface area (Å²) >= 11 is 1.77. The molecule has 0 fully saturated rings. The van der Waals surface area contributed by atoms with Crippen molar-refractivity contribution in [2.24, 2.45) is 0 Å². The minimum Gasteiger partial charge on any atom is -0.497 e. The number of thiophene rings is 1. The molecule has 2 aromatic carbocycles. The van der Waals surface area contributed by atoms with Crippen LogP contribution < -0.4 is 4.74 Å². The van der Waals surface area contributed by atoms with Crippen molar-refractivity contribution in [3.05, 3.63) is 71.8 Å². The van der Waals surface area contributed by atoms with Gasteiger partial charge in [0, 0.05) is 32.3 Å². The van der Waals surface area contributed by atoms with Crippen LogP contribution in [-0.2, 0) is 0 Å². The molecule has 3 nitrogen and oxygen atoms in total. The summed E-state index contributed by atoms with van der Waals surface area (Å²) < 4.78 is 12.3. The Bertz CT molecular complexity index is 1220. The summed E-state index contributed by atoms with van der Waals surface area (Å²) in [4.78, 5) is 0. The maximum Gasteiger partial charge on any atom is 0.140 e. The monoisotopic (exact) mass is 371 g/mol. The van der Waals surface area contributed by atoms with E-state index in [-0.39, 0.29) is 0 Å². The van der Waals surface area contributed by atoms with Crippen LogP contribution in [0, 0.1) is 6.92 Å². The molecule has 0 amide bonds. The Labute approximate surface area is 161 Å². The zero-order valence-electron chi connectivity index (χ0n) is 15.0. The van der Waals surface area contributed by atoms with Crippen LogP contribution >= 0.6 is 11.3 Å². The molecule has 0 atom stereocenters. The van der Waals surface area contributed by atoms with Crippen molar-refractivity contribution in [3.63, 3.8) is 0 Å². The Kier molecular flexibility index (Phi) is 3.73. The van der Waals surface area contributed by atoms with Gasteiger partial charge in [-0.1, -0.05) is 35.5 Å². The number of nitrogens with zero attached hydrogens (tertiary/aromatic N) is 1. The zero-order chi connectivity index (χ0) is 18.4. The molecule has 3 aromatic rings. The van der Waals surface area contributed by atoms with Gasteiger partial charge in [0.15, 0.2) is 0 Å². The third kappa shape index (κ3) is 2.53. The fourth-order valence-electron chi connectivity index (χ4n) is 3.63. The normalized spacial score (nSPS) is 11.3. The molecule has 0 saturated heterocycles. The number of benzene rings is 2. The van der Waals surface area contributed by atoms with Crippen LogP contribution in [-0.4, -0.2) is 12.3 Å². The predicted molar refractivity (Wildman–Crippen MR) is 111 cm³/mol. The Morgan fingerprint density at radius 1 is 0.889 bits per heavy atom. The van der Waals surface area contributed by atoms with Crippen LogP contribution in [0.1, 0.15) is 5.76 Å². The standard InChI is InChI=1S/C23H17NO2S/c1-14-22-18(20-13-27-21-6-4-3-5-17(20)21)11-12-19(22)23(24-26-14)15-7-9-16(25-2)10-8-15/h3-13H,1-2H3. The summed E-state index contributed by atoms with van der Waals surface area (Å²) in [5, 5.41) is 7.88. The van der Waals surface area contributed by atoms with Crippen LogP contribution in [0.4, 0.5) is 0 Å². The highest BCUT2D eigenvalue weighted by Crippen LogP contribution is 2.45. The molecule has 0 radical (unpaired) electrons. The van der Waals surface area contributed by atoms with Gasteiger partial charge in [-0.25, -0.2) is 0 Å². The molecule has 2 aliphatic rings. The van der Waals surface area contributed by atoms with Crippen molar-refractivity contribution in [2.45, 2.75) is 6.92 Å². The SMILES string of the molecule is COc1ccc(-c2noc(C)c3c(-c4csc5ccccc45)ccc2-3)cc1. The van der Waals surface area contributed by atoms with Crippen LogP contribution in [0.5, 0.6) is 5.75 Å². The molecule has 1 aliphatic heterocycles. The Hall–Kier alpha value is -3.11. The van der Waals surface area contributed by atoms with Gasteiger partial charge in [0.1, 0.15) is 17.2 Å². The molecular weight excluding hydrogens is 354 g/mol. The van der Waals surface area contributed by atoms with E-state index in [0.717, 1.165) is 33.9 Å². The third-order valence-electron chi connectivity index (χ3n) is 4.97. The number of fused-ring (bicyclic) bond motifs is 2. The van der Waals surface area contributed by atoms with Gasteiger partial charge in [-0.05, 0) is 48.2 Å². The molecule has 0 unspecified atom stereocenters. The minimum atomic E-state index is 0.826. The lowest BCUT2D eigenvalue weighted by molar-refractivity contribution is 0.382. The molecule has 27 heavy (non-hydrogen) atoms. The molecule has 0 N–H and O–H groups in total. The summed E-state index contributed by atoms with van der Waals surface area (Å²) in [6, 6.07) is 20.7. The molecule has 132 valence electrons. The second kappa shape index (κ2) is 6.25. The second-order valence-electron chi connectivity index (χ2n) is 6.50. The van der Waals surface area contributed by atoms with Gasteiger partial charge in [-0.3, -0.25) is 0 Å². The number of ether oxygens (including phenoxy) is 1. The quantitative estimate of drug-likeness (QED) is 0.356. The largest absolute Gasteiger partial charge is 0.497 e. The molecule has 0 saturated carbocycles. The molecule has 4 heteroatoms. The number of aromatic nitrogens is 1. The smallest absolute Gasteiger partial charge is 0.140 e. The number of methoxy groups -OCH3 is 1. The van der Waals surface area contributed by atoms with Gasteiger partial charge in [-0.2, -0.15) is 0 Å². The zero-order valence-corrected chi connectivity index (χ0v) is 15.8. The van der Waals surface area contributed by atoms with Crippen LogP contribution in [0.3, 0.4) is 0 Å². The van der Waals surface area contributed by atoms with Crippen molar-refractivity contribution in [1.29, 1.82) is 0 Å². The topological polar surface area (TPSA) is 35.3 Å². The predicted octanol–water partition coefficient (Wildman–Crippen LogP) is 6.65. The average Bonchev–Trinajstić information content (AvgIpc) is 3.33. The van der Waals surface area contributed by atoms with Gasteiger partial charge in [-0.15, -0.1) is 11.3 Å². The first-order valence-electron chi connectivity index (χ1n) is 8.76. The highest BCUT2D eigenvalue weighted by atomic mass is 32.1. The van der Waals surface area contributed by atoms with Crippen molar-refractivity contribution in [1.82, 2.24) is 5.16 Å². The van der Waals surface area contributed by atoms with Gasteiger partial charge in [0.25, 0.3) is 0 Å². The van der Waals surface area contributed by atoms with E-state index in [2.05, 4.69) is 46.9 Å². The van der Waals surface area contributed by atoms with Crippen LogP contribution in [0.25, 0.3) is 43.6 Å². The summed E-state index contributed by atoms with van der Waals surface area (Å²) in [6.07, 6.45) is 0.